The maximum absolute atomic E-state index is 3.54. The van der Waals surface area contributed by atoms with Crippen LogP contribution in [0.2, 0.25) is 0 Å². The molecule has 2 nitrogen and oxygen atoms in total. The number of hydrogen-bond donors (Lipinski definition) is 2. The third kappa shape index (κ3) is 3.58. The summed E-state index contributed by atoms with van der Waals surface area (Å²) < 4.78 is 0. The van der Waals surface area contributed by atoms with Crippen molar-refractivity contribution in [1.82, 2.24) is 10.6 Å². The van der Waals surface area contributed by atoms with E-state index in [1.165, 1.54) is 32.2 Å². The van der Waals surface area contributed by atoms with Crippen molar-refractivity contribution in [3.05, 3.63) is 0 Å². The Labute approximate surface area is 88.8 Å². The summed E-state index contributed by atoms with van der Waals surface area (Å²) in [5.74, 6) is 0.949. The van der Waals surface area contributed by atoms with Crippen molar-refractivity contribution in [2.24, 2.45) is 11.3 Å². The Hall–Kier alpha value is -0.0800. The lowest BCUT2D eigenvalue weighted by molar-refractivity contribution is 0.209. The first kappa shape index (κ1) is 12.0. The van der Waals surface area contributed by atoms with E-state index in [1.807, 2.05) is 7.05 Å². The van der Waals surface area contributed by atoms with Crippen molar-refractivity contribution in [1.29, 1.82) is 0 Å². The van der Waals surface area contributed by atoms with Gasteiger partial charge in [0.2, 0.25) is 0 Å². The first-order valence-corrected chi connectivity index (χ1v) is 6.02. The van der Waals surface area contributed by atoms with E-state index < -0.39 is 0 Å². The van der Waals surface area contributed by atoms with E-state index in [9.17, 15) is 0 Å². The number of likely N-dealkylation sites (N-methyl/N-ethyl adjacent to an activating group) is 1. The van der Waals surface area contributed by atoms with Gasteiger partial charge in [0, 0.05) is 19.6 Å². The number of rotatable bonds is 6. The van der Waals surface area contributed by atoms with Gasteiger partial charge in [0.15, 0.2) is 0 Å². The highest BCUT2D eigenvalue weighted by molar-refractivity contribution is 4.83. The van der Waals surface area contributed by atoms with Crippen LogP contribution in [0.5, 0.6) is 0 Å². The molecule has 0 saturated heterocycles. The molecule has 0 unspecified atom stereocenters. The van der Waals surface area contributed by atoms with E-state index in [2.05, 4.69) is 24.5 Å². The molecule has 1 rings (SSSR count). The van der Waals surface area contributed by atoms with Gasteiger partial charge in [-0.1, -0.05) is 26.7 Å². The maximum atomic E-state index is 3.54. The molecule has 2 N–H and O–H groups in total. The van der Waals surface area contributed by atoms with Gasteiger partial charge in [0.05, 0.1) is 0 Å². The Morgan fingerprint density at radius 2 is 1.79 bits per heavy atom. The van der Waals surface area contributed by atoms with E-state index in [-0.39, 0.29) is 0 Å². The summed E-state index contributed by atoms with van der Waals surface area (Å²) in [6.45, 7) is 8.15. The molecule has 0 heterocycles. The van der Waals surface area contributed by atoms with Crippen molar-refractivity contribution in [2.45, 2.75) is 39.5 Å². The lowest BCUT2D eigenvalue weighted by atomic mass is 9.78. The second kappa shape index (κ2) is 5.72. The zero-order chi connectivity index (χ0) is 10.4. The molecule has 0 amide bonds. The zero-order valence-electron chi connectivity index (χ0n) is 10.0. The van der Waals surface area contributed by atoms with Crippen LogP contribution in [-0.2, 0) is 0 Å². The van der Waals surface area contributed by atoms with Crippen molar-refractivity contribution >= 4 is 0 Å². The minimum Gasteiger partial charge on any atom is -0.318 e. The molecule has 0 aliphatic heterocycles. The highest BCUT2D eigenvalue weighted by atomic mass is 14.9. The summed E-state index contributed by atoms with van der Waals surface area (Å²) in [4.78, 5) is 0. The first-order chi connectivity index (χ1) is 6.67. The molecule has 14 heavy (non-hydrogen) atoms. The molecule has 1 aliphatic carbocycles. The van der Waals surface area contributed by atoms with Crippen LogP contribution in [0.4, 0.5) is 0 Å². The largest absolute Gasteiger partial charge is 0.318 e. The van der Waals surface area contributed by atoms with E-state index in [0.717, 1.165) is 19.0 Å². The van der Waals surface area contributed by atoms with Crippen LogP contribution >= 0.6 is 0 Å². The van der Waals surface area contributed by atoms with Gasteiger partial charge in [-0.25, -0.2) is 0 Å². The third-order valence-electron chi connectivity index (χ3n) is 3.59. The SMILES string of the molecule is CNCCNCC(C)(C)C1CCCC1. The standard InChI is InChI=1S/C12H26N2/c1-12(2,10-14-9-8-13-3)11-6-4-5-7-11/h11,13-14H,4-10H2,1-3H3. The molecule has 0 aromatic heterocycles. The summed E-state index contributed by atoms with van der Waals surface area (Å²) in [6, 6.07) is 0. The van der Waals surface area contributed by atoms with Gasteiger partial charge in [0.1, 0.15) is 0 Å². The highest BCUT2D eigenvalue weighted by Gasteiger charge is 2.30. The predicted octanol–water partition coefficient (Wildman–Crippen LogP) is 2.01. The normalized spacial score (nSPS) is 19.1. The second-order valence-electron chi connectivity index (χ2n) is 5.25. The Bertz CT molecular complexity index is 148. The summed E-state index contributed by atoms with van der Waals surface area (Å²) >= 11 is 0. The average molecular weight is 198 g/mol. The summed E-state index contributed by atoms with van der Waals surface area (Å²) in [5, 5.41) is 6.70. The minimum absolute atomic E-state index is 0.490. The van der Waals surface area contributed by atoms with Gasteiger partial charge < -0.3 is 10.6 Å². The molecular weight excluding hydrogens is 172 g/mol. The third-order valence-corrected chi connectivity index (χ3v) is 3.59. The van der Waals surface area contributed by atoms with Gasteiger partial charge in [0.25, 0.3) is 0 Å². The fourth-order valence-corrected chi connectivity index (χ4v) is 2.48. The van der Waals surface area contributed by atoms with E-state index in [4.69, 9.17) is 0 Å². The van der Waals surface area contributed by atoms with Crippen molar-refractivity contribution in [3.63, 3.8) is 0 Å². The van der Waals surface area contributed by atoms with E-state index in [0.29, 0.717) is 5.41 Å². The smallest absolute Gasteiger partial charge is 0.00768 e. The van der Waals surface area contributed by atoms with Crippen LogP contribution in [0, 0.1) is 11.3 Å². The van der Waals surface area contributed by atoms with Gasteiger partial charge in [-0.2, -0.15) is 0 Å². The molecule has 1 aliphatic rings. The molecular formula is C12H26N2. The highest BCUT2D eigenvalue weighted by Crippen LogP contribution is 2.38. The molecule has 0 atom stereocenters. The number of nitrogens with one attached hydrogen (secondary N) is 2. The summed E-state index contributed by atoms with van der Waals surface area (Å²) in [7, 11) is 2.00. The van der Waals surface area contributed by atoms with Crippen molar-refractivity contribution in [2.75, 3.05) is 26.7 Å². The molecule has 0 bridgehead atoms. The molecule has 1 saturated carbocycles. The van der Waals surface area contributed by atoms with Crippen LogP contribution < -0.4 is 10.6 Å². The van der Waals surface area contributed by atoms with Crippen LogP contribution in [0.3, 0.4) is 0 Å². The molecule has 1 fully saturated rings. The predicted molar refractivity (Wildman–Crippen MR) is 62.5 cm³/mol. The topological polar surface area (TPSA) is 24.1 Å². The first-order valence-electron chi connectivity index (χ1n) is 6.02. The zero-order valence-corrected chi connectivity index (χ0v) is 10.0. The Morgan fingerprint density at radius 3 is 2.36 bits per heavy atom. The van der Waals surface area contributed by atoms with Gasteiger partial charge in [-0.15, -0.1) is 0 Å². The molecule has 0 aromatic carbocycles. The second-order valence-corrected chi connectivity index (χ2v) is 5.25. The quantitative estimate of drug-likeness (QED) is 0.638. The maximum Gasteiger partial charge on any atom is 0.00768 e. The van der Waals surface area contributed by atoms with Crippen molar-refractivity contribution in [3.8, 4) is 0 Å². The van der Waals surface area contributed by atoms with Gasteiger partial charge >= 0.3 is 0 Å². The molecule has 0 aromatic rings. The monoisotopic (exact) mass is 198 g/mol. The number of hydrogen-bond acceptors (Lipinski definition) is 2. The lowest BCUT2D eigenvalue weighted by Crippen LogP contribution is -2.37. The molecule has 2 heteroatoms. The summed E-state index contributed by atoms with van der Waals surface area (Å²) in [5.41, 5.74) is 0.490. The van der Waals surface area contributed by atoms with Gasteiger partial charge in [-0.3, -0.25) is 0 Å². The van der Waals surface area contributed by atoms with Crippen molar-refractivity contribution < 1.29 is 0 Å². The van der Waals surface area contributed by atoms with Crippen LogP contribution in [-0.4, -0.2) is 26.7 Å². The van der Waals surface area contributed by atoms with E-state index >= 15 is 0 Å². The van der Waals surface area contributed by atoms with Crippen LogP contribution in [0.1, 0.15) is 39.5 Å². The average Bonchev–Trinajstić information content (AvgIpc) is 2.65. The molecule has 0 spiro atoms. The lowest BCUT2D eigenvalue weighted by Gasteiger charge is -2.32. The van der Waals surface area contributed by atoms with Crippen LogP contribution in [0.25, 0.3) is 0 Å². The van der Waals surface area contributed by atoms with Crippen LogP contribution in [0.15, 0.2) is 0 Å². The fourth-order valence-electron chi connectivity index (χ4n) is 2.48. The molecule has 84 valence electrons. The molecule has 0 radical (unpaired) electrons. The summed E-state index contributed by atoms with van der Waals surface area (Å²) in [6.07, 6.45) is 5.79. The Morgan fingerprint density at radius 1 is 1.14 bits per heavy atom. The Balaban J connectivity index is 2.19. The Kier molecular flexibility index (Phi) is 4.90. The van der Waals surface area contributed by atoms with E-state index in [1.54, 1.807) is 0 Å². The fraction of sp³-hybridized carbons (Fsp3) is 1.00. The minimum atomic E-state index is 0.490. The van der Waals surface area contributed by atoms with Gasteiger partial charge in [-0.05, 0) is 31.2 Å².